The van der Waals surface area contributed by atoms with Crippen LogP contribution in [-0.2, 0) is 15.1 Å². The SMILES string of the molecule is O=C1CC(C(=O)Nc2ccc(F)cc2)(c2nc3ccccc3[nH]2)N1c1ccc(F)cc1. The highest BCUT2D eigenvalue weighted by Gasteiger charge is 2.60. The summed E-state index contributed by atoms with van der Waals surface area (Å²) in [6.45, 7) is 0. The van der Waals surface area contributed by atoms with Gasteiger partial charge in [0.1, 0.15) is 17.5 Å². The van der Waals surface area contributed by atoms with Crippen LogP contribution in [0.4, 0.5) is 20.2 Å². The molecule has 4 aromatic rings. The maximum atomic E-state index is 13.5. The van der Waals surface area contributed by atoms with E-state index in [1.54, 1.807) is 6.07 Å². The zero-order valence-electron chi connectivity index (χ0n) is 16.1. The fraction of sp³-hybridized carbons (Fsp3) is 0.0870. The standard InChI is InChI=1S/C23H16F2N4O2/c24-14-5-9-16(10-6-14)26-22(31)23(21-27-18-3-1-2-4-19(18)28-21)13-20(30)29(23)17-11-7-15(25)8-12-17/h1-12H,13H2,(H,26,31)(H,27,28). The largest absolute Gasteiger partial charge is 0.339 e. The number of nitrogens with zero attached hydrogens (tertiary/aromatic N) is 2. The van der Waals surface area contributed by atoms with Gasteiger partial charge in [0, 0.05) is 11.4 Å². The lowest BCUT2D eigenvalue weighted by Gasteiger charge is -2.48. The van der Waals surface area contributed by atoms with Crippen molar-refractivity contribution < 1.29 is 18.4 Å². The molecule has 1 saturated heterocycles. The van der Waals surface area contributed by atoms with Crippen molar-refractivity contribution >= 4 is 34.2 Å². The maximum absolute atomic E-state index is 13.5. The van der Waals surface area contributed by atoms with Crippen LogP contribution >= 0.6 is 0 Å². The Kier molecular flexibility index (Phi) is 4.28. The molecule has 8 heteroatoms. The number of rotatable bonds is 4. The lowest BCUT2D eigenvalue weighted by atomic mass is 9.81. The van der Waals surface area contributed by atoms with Crippen LogP contribution in [0.15, 0.2) is 72.8 Å². The molecule has 1 unspecified atom stereocenters. The van der Waals surface area contributed by atoms with Crippen LogP contribution in [0, 0.1) is 11.6 Å². The molecule has 1 atom stereocenters. The Morgan fingerprint density at radius 3 is 2.26 bits per heavy atom. The van der Waals surface area contributed by atoms with Crippen molar-refractivity contribution in [1.82, 2.24) is 9.97 Å². The van der Waals surface area contributed by atoms with Gasteiger partial charge in [0.05, 0.1) is 17.5 Å². The molecule has 0 saturated carbocycles. The van der Waals surface area contributed by atoms with E-state index in [4.69, 9.17) is 0 Å². The third kappa shape index (κ3) is 3.04. The van der Waals surface area contributed by atoms with Gasteiger partial charge >= 0.3 is 0 Å². The average Bonchev–Trinajstić information content (AvgIpc) is 3.19. The van der Waals surface area contributed by atoms with Crippen LogP contribution in [0.2, 0.25) is 0 Å². The van der Waals surface area contributed by atoms with Gasteiger partial charge in [-0.2, -0.15) is 0 Å². The molecule has 3 aromatic carbocycles. The minimum Gasteiger partial charge on any atom is -0.339 e. The summed E-state index contributed by atoms with van der Waals surface area (Å²) in [6.07, 6.45) is -0.128. The Labute approximate surface area is 175 Å². The zero-order valence-corrected chi connectivity index (χ0v) is 16.1. The summed E-state index contributed by atoms with van der Waals surface area (Å²) < 4.78 is 26.7. The Morgan fingerprint density at radius 1 is 0.968 bits per heavy atom. The van der Waals surface area contributed by atoms with Crippen molar-refractivity contribution in [2.24, 2.45) is 0 Å². The van der Waals surface area contributed by atoms with E-state index in [1.165, 1.54) is 53.4 Å². The molecule has 0 bridgehead atoms. The van der Waals surface area contributed by atoms with E-state index in [2.05, 4.69) is 15.3 Å². The number of carbonyl (C=O) groups excluding carboxylic acids is 2. The summed E-state index contributed by atoms with van der Waals surface area (Å²) >= 11 is 0. The van der Waals surface area contributed by atoms with Gasteiger partial charge in [-0.3, -0.25) is 14.5 Å². The van der Waals surface area contributed by atoms with Crippen LogP contribution in [-0.4, -0.2) is 21.8 Å². The molecular weight excluding hydrogens is 402 g/mol. The first-order chi connectivity index (χ1) is 15.0. The first-order valence-corrected chi connectivity index (χ1v) is 9.58. The Bertz CT molecular complexity index is 1270. The summed E-state index contributed by atoms with van der Waals surface area (Å²) in [4.78, 5) is 35.2. The van der Waals surface area contributed by atoms with Gasteiger partial charge in [0.15, 0.2) is 5.54 Å². The van der Waals surface area contributed by atoms with E-state index in [-0.39, 0.29) is 18.2 Å². The van der Waals surface area contributed by atoms with Crippen molar-refractivity contribution in [3.8, 4) is 0 Å². The summed E-state index contributed by atoms with van der Waals surface area (Å²) in [6, 6.07) is 17.9. The lowest BCUT2D eigenvalue weighted by molar-refractivity contribution is -0.137. The summed E-state index contributed by atoms with van der Waals surface area (Å²) in [5, 5.41) is 2.75. The summed E-state index contributed by atoms with van der Waals surface area (Å²) in [5.41, 5.74) is 0.630. The van der Waals surface area contributed by atoms with Gasteiger partial charge in [0.25, 0.3) is 5.91 Å². The van der Waals surface area contributed by atoms with E-state index in [1.807, 2.05) is 18.2 Å². The van der Waals surface area contributed by atoms with Gasteiger partial charge in [-0.1, -0.05) is 12.1 Å². The number of anilines is 2. The predicted molar refractivity (Wildman–Crippen MR) is 111 cm³/mol. The first-order valence-electron chi connectivity index (χ1n) is 9.58. The number of aromatic nitrogens is 2. The second-order valence-corrected chi connectivity index (χ2v) is 7.31. The molecule has 2 amide bonds. The fourth-order valence-electron chi connectivity index (χ4n) is 3.85. The number of para-hydroxylation sites is 2. The Balaban J connectivity index is 1.63. The number of hydrogen-bond donors (Lipinski definition) is 2. The van der Waals surface area contributed by atoms with Crippen LogP contribution in [0.5, 0.6) is 0 Å². The normalized spacial score (nSPS) is 18.1. The monoisotopic (exact) mass is 418 g/mol. The number of β-lactam (4-membered cyclic amide) rings is 1. The van der Waals surface area contributed by atoms with Gasteiger partial charge in [-0.25, -0.2) is 13.8 Å². The van der Waals surface area contributed by atoms with Gasteiger partial charge in [-0.05, 0) is 60.7 Å². The Hall–Kier alpha value is -4.07. The molecule has 154 valence electrons. The second-order valence-electron chi connectivity index (χ2n) is 7.31. The van der Waals surface area contributed by atoms with E-state index in [0.29, 0.717) is 22.4 Å². The molecular formula is C23H16F2N4O2. The third-order valence-corrected chi connectivity index (χ3v) is 5.38. The maximum Gasteiger partial charge on any atom is 0.259 e. The molecule has 1 fully saturated rings. The van der Waals surface area contributed by atoms with Gasteiger partial charge < -0.3 is 10.3 Å². The number of nitrogens with one attached hydrogen (secondary N) is 2. The molecule has 31 heavy (non-hydrogen) atoms. The van der Waals surface area contributed by atoms with Crippen molar-refractivity contribution in [3.63, 3.8) is 0 Å². The molecule has 0 radical (unpaired) electrons. The number of aromatic amines is 1. The molecule has 1 aliphatic heterocycles. The molecule has 1 aromatic heterocycles. The molecule has 1 aliphatic rings. The molecule has 2 heterocycles. The van der Waals surface area contributed by atoms with E-state index in [9.17, 15) is 18.4 Å². The molecule has 5 rings (SSSR count). The number of hydrogen-bond acceptors (Lipinski definition) is 3. The van der Waals surface area contributed by atoms with Gasteiger partial charge in [0.2, 0.25) is 5.91 Å². The summed E-state index contributed by atoms with van der Waals surface area (Å²) in [7, 11) is 0. The van der Waals surface area contributed by atoms with Crippen LogP contribution in [0.1, 0.15) is 12.2 Å². The fourth-order valence-corrected chi connectivity index (χ4v) is 3.85. The molecule has 6 nitrogen and oxygen atoms in total. The predicted octanol–water partition coefficient (Wildman–Crippen LogP) is 4.11. The number of amides is 2. The highest BCUT2D eigenvalue weighted by molar-refractivity contribution is 6.16. The van der Waals surface area contributed by atoms with Crippen molar-refractivity contribution in [1.29, 1.82) is 0 Å². The lowest BCUT2D eigenvalue weighted by Crippen LogP contribution is -2.67. The molecule has 2 N–H and O–H groups in total. The van der Waals surface area contributed by atoms with E-state index in [0.717, 1.165) is 0 Å². The quantitative estimate of drug-likeness (QED) is 0.490. The van der Waals surface area contributed by atoms with E-state index < -0.39 is 23.1 Å². The van der Waals surface area contributed by atoms with Crippen LogP contribution in [0.25, 0.3) is 11.0 Å². The Morgan fingerprint density at radius 2 is 1.61 bits per heavy atom. The first kappa shape index (κ1) is 18.9. The van der Waals surface area contributed by atoms with Crippen molar-refractivity contribution in [2.75, 3.05) is 10.2 Å². The topological polar surface area (TPSA) is 78.1 Å². The number of benzene rings is 3. The zero-order chi connectivity index (χ0) is 21.6. The average molecular weight is 418 g/mol. The van der Waals surface area contributed by atoms with Crippen molar-refractivity contribution in [3.05, 3.63) is 90.3 Å². The van der Waals surface area contributed by atoms with Gasteiger partial charge in [-0.15, -0.1) is 0 Å². The number of fused-ring (bicyclic) bond motifs is 1. The molecule has 0 aliphatic carbocycles. The number of halogens is 2. The smallest absolute Gasteiger partial charge is 0.259 e. The number of H-pyrrole nitrogens is 1. The van der Waals surface area contributed by atoms with Crippen LogP contribution in [0.3, 0.4) is 0 Å². The number of imidazole rings is 1. The second kappa shape index (κ2) is 7.02. The minimum atomic E-state index is -1.47. The van der Waals surface area contributed by atoms with Crippen molar-refractivity contribution in [2.45, 2.75) is 12.0 Å². The third-order valence-electron chi connectivity index (χ3n) is 5.38. The number of carbonyl (C=O) groups is 2. The minimum absolute atomic E-state index is 0.128. The molecule has 0 spiro atoms. The van der Waals surface area contributed by atoms with E-state index >= 15 is 0 Å². The summed E-state index contributed by atoms with van der Waals surface area (Å²) in [5.74, 6) is -1.42. The van der Waals surface area contributed by atoms with Crippen LogP contribution < -0.4 is 10.2 Å². The highest BCUT2D eigenvalue weighted by atomic mass is 19.1. The highest BCUT2D eigenvalue weighted by Crippen LogP contribution is 2.45.